The summed E-state index contributed by atoms with van der Waals surface area (Å²) in [5.41, 5.74) is 12.1. The first-order chi connectivity index (χ1) is 16.8. The number of carbonyl (C=O) groups is 1. The first kappa shape index (κ1) is 24.0. The van der Waals surface area contributed by atoms with Crippen LogP contribution in [0.4, 0.5) is 5.82 Å². The van der Waals surface area contributed by atoms with E-state index in [1.54, 1.807) is 6.07 Å². The van der Waals surface area contributed by atoms with Crippen LogP contribution in [0.1, 0.15) is 47.8 Å². The van der Waals surface area contributed by atoms with Crippen molar-refractivity contribution in [3.63, 3.8) is 0 Å². The van der Waals surface area contributed by atoms with E-state index in [-0.39, 0.29) is 24.3 Å². The van der Waals surface area contributed by atoms with Gasteiger partial charge in [-0.05, 0) is 48.8 Å². The first-order valence-electron chi connectivity index (χ1n) is 11.9. The van der Waals surface area contributed by atoms with Crippen molar-refractivity contribution < 1.29 is 9.90 Å². The molecule has 0 saturated carbocycles. The van der Waals surface area contributed by atoms with Crippen LogP contribution in [0.3, 0.4) is 0 Å². The first-order valence-corrected chi connectivity index (χ1v) is 12.7. The third kappa shape index (κ3) is 4.39. The average molecular weight is 511 g/mol. The van der Waals surface area contributed by atoms with Gasteiger partial charge in [0.2, 0.25) is 0 Å². The summed E-state index contributed by atoms with van der Waals surface area (Å²) in [6, 6.07) is 13.9. The lowest BCUT2D eigenvalue weighted by Gasteiger charge is -2.43. The average Bonchev–Trinajstić information content (AvgIpc) is 3.11. The molecular formula is C27H28Cl2N4O2. The summed E-state index contributed by atoms with van der Waals surface area (Å²) in [5, 5.41) is 10.2. The molecule has 0 radical (unpaired) electrons. The second-order valence-corrected chi connectivity index (χ2v) is 10.4. The Bertz CT molecular complexity index is 1290. The Balaban J connectivity index is 1.45. The molecule has 0 amide bonds. The maximum absolute atomic E-state index is 11.4. The van der Waals surface area contributed by atoms with E-state index in [4.69, 9.17) is 38.9 Å². The number of aryl methyl sites for hydroxylation is 2. The van der Waals surface area contributed by atoms with E-state index in [1.807, 2.05) is 19.1 Å². The molecule has 35 heavy (non-hydrogen) atoms. The van der Waals surface area contributed by atoms with Crippen LogP contribution in [0.15, 0.2) is 42.5 Å². The molecule has 1 fully saturated rings. The Morgan fingerprint density at radius 1 is 1.14 bits per heavy atom. The number of halogens is 2. The standard InChI is InChI=1S/C27H28Cl2N4O2/c1-16-24(19-7-4-8-20(28)23(19)29)32-21(9-10-22(34)35)26(31-16)33-13-11-27(12-14-33)15-17-5-2-3-6-18(17)25(27)30/h2-8,25H,9-15,30H2,1H3,(H,34,35). The number of aromatic nitrogens is 2. The molecule has 1 spiro atoms. The Morgan fingerprint density at radius 3 is 2.60 bits per heavy atom. The second-order valence-electron chi connectivity index (χ2n) is 9.63. The lowest BCUT2D eigenvalue weighted by Crippen LogP contribution is -2.45. The SMILES string of the molecule is Cc1nc(N2CCC3(CC2)Cc2ccccc2C3N)c(CCC(=O)O)nc1-c1cccc(Cl)c1Cl. The summed E-state index contributed by atoms with van der Waals surface area (Å²) in [6.45, 7) is 3.50. The van der Waals surface area contributed by atoms with Crippen LogP contribution >= 0.6 is 23.2 Å². The van der Waals surface area contributed by atoms with E-state index in [9.17, 15) is 9.90 Å². The van der Waals surface area contributed by atoms with E-state index in [0.717, 1.165) is 43.9 Å². The van der Waals surface area contributed by atoms with E-state index >= 15 is 0 Å². The number of carboxylic acids is 1. The molecule has 3 N–H and O–H groups in total. The third-order valence-electron chi connectivity index (χ3n) is 7.55. The monoisotopic (exact) mass is 510 g/mol. The minimum atomic E-state index is -0.868. The van der Waals surface area contributed by atoms with E-state index in [0.29, 0.717) is 27.0 Å². The molecule has 0 bridgehead atoms. The summed E-state index contributed by atoms with van der Waals surface area (Å²) < 4.78 is 0. The van der Waals surface area contributed by atoms with Gasteiger partial charge in [-0.2, -0.15) is 0 Å². The molecule has 8 heteroatoms. The van der Waals surface area contributed by atoms with Gasteiger partial charge in [-0.15, -0.1) is 0 Å². The Kier molecular flexibility index (Phi) is 6.47. The number of hydrogen-bond donors (Lipinski definition) is 2. The summed E-state index contributed by atoms with van der Waals surface area (Å²) in [5.74, 6) is -0.113. The predicted octanol–water partition coefficient (Wildman–Crippen LogP) is 5.62. The highest BCUT2D eigenvalue weighted by Gasteiger charge is 2.46. The van der Waals surface area contributed by atoms with Crippen LogP contribution < -0.4 is 10.6 Å². The van der Waals surface area contributed by atoms with Gasteiger partial charge in [-0.3, -0.25) is 4.79 Å². The highest BCUT2D eigenvalue weighted by Crippen LogP contribution is 2.51. The second kappa shape index (κ2) is 9.41. The molecule has 182 valence electrons. The number of anilines is 1. The zero-order chi connectivity index (χ0) is 24.7. The summed E-state index contributed by atoms with van der Waals surface area (Å²) in [4.78, 5) is 23.4. The molecule has 1 saturated heterocycles. The van der Waals surface area contributed by atoms with Crippen molar-refractivity contribution in [1.29, 1.82) is 0 Å². The molecule has 2 aliphatic rings. The van der Waals surface area contributed by atoms with Crippen molar-refractivity contribution in [3.05, 3.63) is 75.0 Å². The van der Waals surface area contributed by atoms with Gasteiger partial charge in [0.25, 0.3) is 0 Å². The molecule has 6 nitrogen and oxygen atoms in total. The van der Waals surface area contributed by atoms with Crippen LogP contribution in [0.25, 0.3) is 11.3 Å². The smallest absolute Gasteiger partial charge is 0.303 e. The van der Waals surface area contributed by atoms with Crippen LogP contribution in [-0.2, 0) is 17.6 Å². The van der Waals surface area contributed by atoms with Crippen molar-refractivity contribution in [2.24, 2.45) is 11.1 Å². The number of nitrogens with zero attached hydrogens (tertiary/aromatic N) is 3. The molecule has 1 unspecified atom stereocenters. The van der Waals surface area contributed by atoms with E-state index < -0.39 is 5.97 Å². The number of fused-ring (bicyclic) bond motifs is 1. The fraction of sp³-hybridized carbons (Fsp3) is 0.370. The molecule has 1 aliphatic carbocycles. The molecule has 1 atom stereocenters. The Labute approximate surface area is 215 Å². The van der Waals surface area contributed by atoms with Crippen LogP contribution in [0.2, 0.25) is 10.0 Å². The van der Waals surface area contributed by atoms with Gasteiger partial charge >= 0.3 is 5.97 Å². The molecule has 5 rings (SSSR count). The van der Waals surface area contributed by atoms with Gasteiger partial charge < -0.3 is 15.7 Å². The number of hydrogen-bond acceptors (Lipinski definition) is 5. The van der Waals surface area contributed by atoms with Gasteiger partial charge in [0.05, 0.1) is 33.5 Å². The van der Waals surface area contributed by atoms with Crippen LogP contribution in [0, 0.1) is 12.3 Å². The minimum absolute atomic E-state index is 0.0224. The number of nitrogens with two attached hydrogens (primary N) is 1. The van der Waals surface area contributed by atoms with E-state index in [2.05, 4.69) is 29.2 Å². The molecular weight excluding hydrogens is 483 g/mol. The van der Waals surface area contributed by atoms with Crippen molar-refractivity contribution in [2.75, 3.05) is 18.0 Å². The largest absolute Gasteiger partial charge is 0.481 e. The highest BCUT2D eigenvalue weighted by molar-refractivity contribution is 6.43. The number of benzene rings is 2. The van der Waals surface area contributed by atoms with Crippen LogP contribution in [-0.4, -0.2) is 34.1 Å². The number of piperidine rings is 1. The number of aliphatic carboxylic acids is 1. The zero-order valence-electron chi connectivity index (χ0n) is 19.6. The fourth-order valence-electron chi connectivity index (χ4n) is 5.60. The quantitative estimate of drug-likeness (QED) is 0.462. The minimum Gasteiger partial charge on any atom is -0.481 e. The molecule has 1 aromatic heterocycles. The number of rotatable bonds is 5. The van der Waals surface area contributed by atoms with Gasteiger partial charge in [0, 0.05) is 31.1 Å². The molecule has 3 aromatic rings. The van der Waals surface area contributed by atoms with Gasteiger partial charge in [0.15, 0.2) is 5.82 Å². The Morgan fingerprint density at radius 2 is 1.89 bits per heavy atom. The maximum atomic E-state index is 11.4. The van der Waals surface area contributed by atoms with Crippen molar-refractivity contribution in [2.45, 2.75) is 45.1 Å². The van der Waals surface area contributed by atoms with Crippen molar-refractivity contribution in [3.8, 4) is 11.3 Å². The van der Waals surface area contributed by atoms with Gasteiger partial charge in [-0.25, -0.2) is 9.97 Å². The molecule has 1 aliphatic heterocycles. The maximum Gasteiger partial charge on any atom is 0.303 e. The van der Waals surface area contributed by atoms with Gasteiger partial charge in [-0.1, -0.05) is 59.6 Å². The lowest BCUT2D eigenvalue weighted by molar-refractivity contribution is -0.136. The normalized spacial score (nSPS) is 18.6. The van der Waals surface area contributed by atoms with Crippen molar-refractivity contribution >= 4 is 35.0 Å². The van der Waals surface area contributed by atoms with Crippen LogP contribution in [0.5, 0.6) is 0 Å². The highest BCUT2D eigenvalue weighted by atomic mass is 35.5. The lowest BCUT2D eigenvalue weighted by atomic mass is 9.73. The van der Waals surface area contributed by atoms with Gasteiger partial charge in [0.1, 0.15) is 0 Å². The topological polar surface area (TPSA) is 92.3 Å². The molecule has 2 aromatic carbocycles. The fourth-order valence-corrected chi connectivity index (χ4v) is 5.99. The van der Waals surface area contributed by atoms with Crippen molar-refractivity contribution in [1.82, 2.24) is 9.97 Å². The molecule has 2 heterocycles. The van der Waals surface area contributed by atoms with E-state index in [1.165, 1.54) is 11.1 Å². The summed E-state index contributed by atoms with van der Waals surface area (Å²) in [7, 11) is 0. The third-order valence-corrected chi connectivity index (χ3v) is 8.37. The summed E-state index contributed by atoms with van der Waals surface area (Å²) >= 11 is 12.7. The Hall–Kier alpha value is -2.67. The summed E-state index contributed by atoms with van der Waals surface area (Å²) in [6.07, 6.45) is 3.16. The zero-order valence-corrected chi connectivity index (χ0v) is 21.1. The number of carboxylic acid groups (broad SMARTS) is 1. The predicted molar refractivity (Wildman–Crippen MR) is 139 cm³/mol.